The smallest absolute Gasteiger partial charge is 0.309 e. The van der Waals surface area contributed by atoms with Gasteiger partial charge in [0.15, 0.2) is 0 Å². The summed E-state index contributed by atoms with van der Waals surface area (Å²) in [7, 11) is 3.09. The molecule has 0 bridgehead atoms. The Morgan fingerprint density at radius 1 is 1.26 bits per heavy atom. The molecule has 0 saturated heterocycles. The molecule has 0 fully saturated rings. The predicted octanol–water partition coefficient (Wildman–Crippen LogP) is 2.74. The van der Waals surface area contributed by atoms with Gasteiger partial charge in [-0.25, -0.2) is 0 Å². The molecule has 1 aromatic carbocycles. The second kappa shape index (κ2) is 8.11. The average Bonchev–Trinajstić information content (AvgIpc) is 2.51. The lowest BCUT2D eigenvalue weighted by Crippen LogP contribution is -2.42. The Labute approximate surface area is 138 Å². The Morgan fingerprint density at radius 2 is 1.83 bits per heavy atom. The third-order valence-electron chi connectivity index (χ3n) is 3.55. The van der Waals surface area contributed by atoms with Crippen molar-refractivity contribution in [2.45, 2.75) is 51.9 Å². The van der Waals surface area contributed by atoms with Gasteiger partial charge in [0, 0.05) is 13.0 Å². The molecular formula is C18H27NO4. The zero-order valence-electron chi connectivity index (χ0n) is 14.8. The number of carbonyl (C=O) groups is 2. The number of nitrogens with zero attached hydrogens (tertiary/aromatic N) is 1. The number of ether oxygens (including phenoxy) is 2. The Balaban J connectivity index is 2.92. The molecule has 0 aliphatic rings. The Kier molecular flexibility index (Phi) is 6.76. The van der Waals surface area contributed by atoms with Crippen LogP contribution in [0.2, 0.25) is 0 Å². The van der Waals surface area contributed by atoms with E-state index in [1.165, 1.54) is 12.0 Å². The molecule has 2 atom stereocenters. The van der Waals surface area contributed by atoms with Gasteiger partial charge < -0.3 is 14.4 Å². The number of esters is 1. The van der Waals surface area contributed by atoms with Crippen molar-refractivity contribution >= 4 is 12.4 Å². The molecule has 5 heteroatoms. The van der Waals surface area contributed by atoms with Crippen LogP contribution in [0.15, 0.2) is 24.3 Å². The number of likely N-dealkylation sites (N-methyl/N-ethyl adjacent to an activating group) is 1. The van der Waals surface area contributed by atoms with E-state index in [1.807, 2.05) is 52.0 Å². The molecule has 0 spiro atoms. The maximum atomic E-state index is 11.3. The standard InChI is InChI=1S/C18H27NO4/c1-13(17(19(5)12-20)23-18(2,3)4)15-9-7-14(8-10-15)11-16(21)22-6/h7-10,12-13,17H,11H2,1-6H3. The molecule has 5 nitrogen and oxygen atoms in total. The van der Waals surface area contributed by atoms with Crippen molar-refractivity contribution in [3.8, 4) is 0 Å². The normalized spacial score (nSPS) is 14.0. The predicted molar refractivity (Wildman–Crippen MR) is 89.0 cm³/mol. The van der Waals surface area contributed by atoms with Gasteiger partial charge in [0.25, 0.3) is 0 Å². The van der Waals surface area contributed by atoms with E-state index >= 15 is 0 Å². The van der Waals surface area contributed by atoms with Crippen molar-refractivity contribution in [3.63, 3.8) is 0 Å². The van der Waals surface area contributed by atoms with Crippen LogP contribution in [0.25, 0.3) is 0 Å². The summed E-state index contributed by atoms with van der Waals surface area (Å²) in [4.78, 5) is 24.0. The minimum atomic E-state index is -0.362. The molecule has 0 aliphatic heterocycles. The van der Waals surface area contributed by atoms with Gasteiger partial charge >= 0.3 is 5.97 Å². The first kappa shape index (κ1) is 19.2. The van der Waals surface area contributed by atoms with Crippen LogP contribution >= 0.6 is 0 Å². The number of amides is 1. The highest BCUT2D eigenvalue weighted by atomic mass is 16.5. The summed E-state index contributed by atoms with van der Waals surface area (Å²) < 4.78 is 10.7. The van der Waals surface area contributed by atoms with Crippen molar-refractivity contribution < 1.29 is 19.1 Å². The quantitative estimate of drug-likeness (QED) is 0.440. The molecule has 1 rings (SSSR count). The number of methoxy groups -OCH3 is 1. The molecule has 1 amide bonds. The van der Waals surface area contributed by atoms with E-state index in [0.29, 0.717) is 0 Å². The molecular weight excluding hydrogens is 294 g/mol. The molecule has 0 N–H and O–H groups in total. The molecule has 1 aromatic rings. The molecule has 0 radical (unpaired) electrons. The second-order valence-electron chi connectivity index (χ2n) is 6.67. The lowest BCUT2D eigenvalue weighted by atomic mass is 9.96. The molecule has 128 valence electrons. The third kappa shape index (κ3) is 6.02. The van der Waals surface area contributed by atoms with Crippen molar-refractivity contribution in [3.05, 3.63) is 35.4 Å². The number of hydrogen-bond acceptors (Lipinski definition) is 4. The van der Waals surface area contributed by atoms with Gasteiger partial charge in [-0.1, -0.05) is 31.2 Å². The molecule has 0 heterocycles. The minimum Gasteiger partial charge on any atom is -0.469 e. The molecule has 0 saturated carbocycles. The largest absolute Gasteiger partial charge is 0.469 e. The van der Waals surface area contributed by atoms with Crippen molar-refractivity contribution in [1.82, 2.24) is 4.90 Å². The molecule has 0 aromatic heterocycles. The lowest BCUT2D eigenvalue weighted by molar-refractivity contribution is -0.151. The van der Waals surface area contributed by atoms with Crippen molar-refractivity contribution in [1.29, 1.82) is 0 Å². The summed E-state index contributed by atoms with van der Waals surface area (Å²) in [5.41, 5.74) is 1.58. The van der Waals surface area contributed by atoms with Crippen LogP contribution in [-0.4, -0.2) is 43.3 Å². The summed E-state index contributed by atoms with van der Waals surface area (Å²) >= 11 is 0. The van der Waals surface area contributed by atoms with Gasteiger partial charge in [0.2, 0.25) is 6.41 Å². The van der Waals surface area contributed by atoms with E-state index in [0.717, 1.165) is 17.5 Å². The number of rotatable bonds is 7. The van der Waals surface area contributed by atoms with E-state index in [-0.39, 0.29) is 30.1 Å². The molecule has 23 heavy (non-hydrogen) atoms. The van der Waals surface area contributed by atoms with Crippen LogP contribution in [0.5, 0.6) is 0 Å². The van der Waals surface area contributed by atoms with Crippen LogP contribution in [0.4, 0.5) is 0 Å². The van der Waals surface area contributed by atoms with Crippen LogP contribution in [0.1, 0.15) is 44.7 Å². The van der Waals surface area contributed by atoms with E-state index in [4.69, 9.17) is 4.74 Å². The highest BCUT2D eigenvalue weighted by molar-refractivity contribution is 5.72. The third-order valence-corrected chi connectivity index (χ3v) is 3.55. The molecule has 0 aliphatic carbocycles. The topological polar surface area (TPSA) is 55.8 Å². The Morgan fingerprint density at radius 3 is 2.26 bits per heavy atom. The zero-order valence-corrected chi connectivity index (χ0v) is 14.8. The summed E-state index contributed by atoms with van der Waals surface area (Å²) in [6, 6.07) is 7.72. The van der Waals surface area contributed by atoms with Crippen LogP contribution < -0.4 is 0 Å². The van der Waals surface area contributed by atoms with E-state index in [2.05, 4.69) is 4.74 Å². The van der Waals surface area contributed by atoms with Crippen LogP contribution in [0.3, 0.4) is 0 Å². The first-order chi connectivity index (χ1) is 10.7. The van der Waals surface area contributed by atoms with Crippen LogP contribution in [0, 0.1) is 0 Å². The van der Waals surface area contributed by atoms with Crippen molar-refractivity contribution in [2.75, 3.05) is 14.2 Å². The minimum absolute atomic E-state index is 0.00315. The van der Waals surface area contributed by atoms with Gasteiger partial charge in [-0.15, -0.1) is 0 Å². The summed E-state index contributed by atoms with van der Waals surface area (Å²) in [5, 5.41) is 0. The number of hydrogen-bond donors (Lipinski definition) is 0. The SMILES string of the molecule is COC(=O)Cc1ccc(C(C)C(OC(C)(C)C)N(C)C=O)cc1. The fraction of sp³-hybridized carbons (Fsp3) is 0.556. The fourth-order valence-electron chi connectivity index (χ4n) is 2.30. The van der Waals surface area contributed by atoms with Gasteiger partial charge in [-0.05, 0) is 31.9 Å². The Hall–Kier alpha value is -1.88. The number of carbonyl (C=O) groups excluding carboxylic acids is 2. The maximum Gasteiger partial charge on any atom is 0.309 e. The van der Waals surface area contributed by atoms with Crippen LogP contribution in [-0.2, 0) is 25.5 Å². The summed E-state index contributed by atoms with van der Waals surface area (Å²) in [6.45, 7) is 7.91. The highest BCUT2D eigenvalue weighted by Gasteiger charge is 2.28. The second-order valence-corrected chi connectivity index (χ2v) is 6.67. The first-order valence-electron chi connectivity index (χ1n) is 7.68. The van der Waals surface area contributed by atoms with E-state index in [9.17, 15) is 9.59 Å². The first-order valence-corrected chi connectivity index (χ1v) is 7.68. The number of benzene rings is 1. The van der Waals surface area contributed by atoms with Gasteiger partial charge in [0.05, 0.1) is 19.1 Å². The highest BCUT2D eigenvalue weighted by Crippen LogP contribution is 2.27. The lowest BCUT2D eigenvalue weighted by Gasteiger charge is -2.36. The average molecular weight is 321 g/mol. The monoisotopic (exact) mass is 321 g/mol. The van der Waals surface area contributed by atoms with E-state index < -0.39 is 0 Å². The van der Waals surface area contributed by atoms with Gasteiger partial charge in [-0.3, -0.25) is 9.59 Å². The van der Waals surface area contributed by atoms with Crippen molar-refractivity contribution in [2.24, 2.45) is 0 Å². The fourth-order valence-corrected chi connectivity index (χ4v) is 2.30. The summed E-state index contributed by atoms with van der Waals surface area (Å²) in [5.74, 6) is -0.267. The van der Waals surface area contributed by atoms with Gasteiger partial charge in [0.1, 0.15) is 6.23 Å². The van der Waals surface area contributed by atoms with Gasteiger partial charge in [-0.2, -0.15) is 0 Å². The Bertz CT molecular complexity index is 519. The summed E-state index contributed by atoms with van der Waals surface area (Å²) in [6.07, 6.45) is 0.666. The molecule has 2 unspecified atom stereocenters. The van der Waals surface area contributed by atoms with E-state index in [1.54, 1.807) is 7.05 Å². The maximum absolute atomic E-state index is 11.3. The zero-order chi connectivity index (χ0) is 17.6.